The lowest BCUT2D eigenvalue weighted by Gasteiger charge is -2.38. The van der Waals surface area contributed by atoms with Gasteiger partial charge >= 0.3 is 6.09 Å². The molecular formula is C18H20BrClN4O3. The van der Waals surface area contributed by atoms with Gasteiger partial charge in [0.15, 0.2) is 5.58 Å². The molecule has 1 aliphatic rings. The van der Waals surface area contributed by atoms with Gasteiger partial charge in [-0.25, -0.2) is 4.79 Å². The molecule has 1 aliphatic heterocycles. The van der Waals surface area contributed by atoms with Crippen molar-refractivity contribution in [2.75, 3.05) is 31.1 Å². The van der Waals surface area contributed by atoms with Crippen molar-refractivity contribution in [3.05, 3.63) is 21.1 Å². The van der Waals surface area contributed by atoms with Crippen LogP contribution in [0.1, 0.15) is 32.3 Å². The number of ether oxygens (including phenoxy) is 1. The molecule has 2 aromatic rings. The van der Waals surface area contributed by atoms with Crippen LogP contribution in [0, 0.1) is 11.3 Å². The normalized spacial score (nSPS) is 17.2. The third kappa shape index (κ3) is 3.99. The number of carbonyl (C=O) groups excluding carboxylic acids is 1. The molecule has 0 aliphatic carbocycles. The lowest BCUT2D eigenvalue weighted by Crippen LogP contribution is -2.54. The number of rotatable bonds is 4. The SMILES string of the molecule is CCCCOC(=O)N1CCN(c2nc3cc(Cl)c(C#N)c(Br)c3o2)C(C)C1. The van der Waals surface area contributed by atoms with Gasteiger partial charge in [0.2, 0.25) is 0 Å². The van der Waals surface area contributed by atoms with E-state index in [-0.39, 0.29) is 12.1 Å². The van der Waals surface area contributed by atoms with Crippen LogP contribution in [-0.4, -0.2) is 48.3 Å². The Morgan fingerprint density at radius 3 is 3.00 bits per heavy atom. The number of fused-ring (bicyclic) bond motifs is 1. The fourth-order valence-electron chi connectivity index (χ4n) is 3.01. The summed E-state index contributed by atoms with van der Waals surface area (Å²) in [4.78, 5) is 20.4. The van der Waals surface area contributed by atoms with Gasteiger partial charge < -0.3 is 19.0 Å². The Balaban J connectivity index is 1.76. The van der Waals surface area contributed by atoms with Crippen LogP contribution in [0.4, 0.5) is 10.8 Å². The highest BCUT2D eigenvalue weighted by atomic mass is 79.9. The van der Waals surface area contributed by atoms with Crippen molar-refractivity contribution in [3.8, 4) is 6.07 Å². The Hall–Kier alpha value is -1.98. The van der Waals surface area contributed by atoms with Crippen molar-refractivity contribution in [1.82, 2.24) is 9.88 Å². The highest BCUT2D eigenvalue weighted by molar-refractivity contribution is 9.10. The Bertz CT molecular complexity index is 895. The molecule has 144 valence electrons. The summed E-state index contributed by atoms with van der Waals surface area (Å²) in [6, 6.07) is 4.14. The van der Waals surface area contributed by atoms with Crippen LogP contribution < -0.4 is 4.90 Å². The molecule has 0 N–H and O–H groups in total. The fraction of sp³-hybridized carbons (Fsp3) is 0.500. The van der Waals surface area contributed by atoms with Gasteiger partial charge in [-0.15, -0.1) is 0 Å². The number of unbranched alkanes of at least 4 members (excludes halogenated alkanes) is 1. The Kier molecular flexibility index (Phi) is 6.12. The Morgan fingerprint density at radius 1 is 1.56 bits per heavy atom. The first-order valence-corrected chi connectivity index (χ1v) is 10.00. The molecule has 1 amide bonds. The van der Waals surface area contributed by atoms with Crippen LogP contribution in [0.5, 0.6) is 0 Å². The van der Waals surface area contributed by atoms with E-state index < -0.39 is 0 Å². The van der Waals surface area contributed by atoms with Gasteiger partial charge in [0.25, 0.3) is 6.01 Å². The summed E-state index contributed by atoms with van der Waals surface area (Å²) in [6.07, 6.45) is 1.58. The second kappa shape index (κ2) is 8.36. The molecule has 0 bridgehead atoms. The van der Waals surface area contributed by atoms with E-state index in [2.05, 4.69) is 33.9 Å². The Morgan fingerprint density at radius 2 is 2.33 bits per heavy atom. The standard InChI is InChI=1S/C18H20BrClN4O3/c1-3-4-7-26-18(25)23-5-6-24(11(2)10-23)17-22-14-8-13(20)12(9-21)15(19)16(14)27-17/h8,11H,3-7,10H2,1-2H3. The predicted molar refractivity (Wildman–Crippen MR) is 106 cm³/mol. The fourth-order valence-corrected chi connectivity index (χ4v) is 3.95. The maximum atomic E-state index is 12.1. The predicted octanol–water partition coefficient (Wildman–Crippen LogP) is 4.56. The molecule has 1 fully saturated rings. The number of hydrogen-bond acceptors (Lipinski definition) is 6. The average Bonchev–Trinajstić information content (AvgIpc) is 3.06. The molecule has 27 heavy (non-hydrogen) atoms. The number of hydrogen-bond donors (Lipinski definition) is 0. The summed E-state index contributed by atoms with van der Waals surface area (Å²) >= 11 is 9.51. The number of oxazole rings is 1. The third-order valence-electron chi connectivity index (χ3n) is 4.53. The zero-order valence-corrected chi connectivity index (χ0v) is 17.5. The number of halogens is 2. The summed E-state index contributed by atoms with van der Waals surface area (Å²) in [5.74, 6) is 0. The molecule has 2 heterocycles. The number of anilines is 1. The minimum Gasteiger partial charge on any atom is -0.449 e. The van der Waals surface area contributed by atoms with Crippen molar-refractivity contribution < 1.29 is 13.9 Å². The van der Waals surface area contributed by atoms with Crippen molar-refractivity contribution in [3.63, 3.8) is 0 Å². The van der Waals surface area contributed by atoms with Crippen molar-refractivity contribution in [1.29, 1.82) is 5.26 Å². The summed E-state index contributed by atoms with van der Waals surface area (Å²) in [6.45, 7) is 6.13. The van der Waals surface area contributed by atoms with E-state index in [4.69, 9.17) is 20.8 Å². The Labute approximate surface area is 170 Å². The number of piperazine rings is 1. The number of benzene rings is 1. The van der Waals surface area contributed by atoms with Gasteiger partial charge in [0.1, 0.15) is 11.6 Å². The highest BCUT2D eigenvalue weighted by Crippen LogP contribution is 2.36. The second-order valence-corrected chi connectivity index (χ2v) is 7.66. The number of nitrogens with zero attached hydrogens (tertiary/aromatic N) is 4. The maximum absolute atomic E-state index is 12.1. The van der Waals surface area contributed by atoms with E-state index in [1.54, 1.807) is 11.0 Å². The summed E-state index contributed by atoms with van der Waals surface area (Å²) in [5, 5.41) is 9.55. The maximum Gasteiger partial charge on any atom is 0.409 e. The van der Waals surface area contributed by atoms with Crippen molar-refractivity contribution >= 4 is 50.7 Å². The van der Waals surface area contributed by atoms with E-state index in [0.29, 0.717) is 58.4 Å². The topological polar surface area (TPSA) is 82.6 Å². The molecule has 7 nitrogen and oxygen atoms in total. The van der Waals surface area contributed by atoms with Gasteiger partial charge in [-0.3, -0.25) is 0 Å². The van der Waals surface area contributed by atoms with E-state index in [1.165, 1.54) is 0 Å². The number of nitriles is 1. The summed E-state index contributed by atoms with van der Waals surface area (Å²) < 4.78 is 11.7. The van der Waals surface area contributed by atoms with Crippen molar-refractivity contribution in [2.24, 2.45) is 0 Å². The minimum atomic E-state index is -0.277. The van der Waals surface area contributed by atoms with Gasteiger partial charge in [-0.1, -0.05) is 24.9 Å². The molecule has 0 saturated carbocycles. The average molecular weight is 456 g/mol. The molecule has 1 unspecified atom stereocenters. The molecule has 1 aromatic carbocycles. The third-order valence-corrected chi connectivity index (χ3v) is 5.58. The van der Waals surface area contributed by atoms with Crippen LogP contribution in [0.15, 0.2) is 15.0 Å². The molecule has 3 rings (SSSR count). The number of aromatic nitrogens is 1. The molecule has 0 radical (unpaired) electrons. The molecule has 1 saturated heterocycles. The molecule has 1 aromatic heterocycles. The van der Waals surface area contributed by atoms with Crippen LogP contribution in [0.25, 0.3) is 11.1 Å². The lowest BCUT2D eigenvalue weighted by molar-refractivity contribution is 0.0939. The summed E-state index contributed by atoms with van der Waals surface area (Å²) in [7, 11) is 0. The van der Waals surface area contributed by atoms with E-state index in [0.717, 1.165) is 12.8 Å². The molecule has 0 spiro atoms. The second-order valence-electron chi connectivity index (χ2n) is 6.46. The largest absolute Gasteiger partial charge is 0.449 e. The van der Waals surface area contributed by atoms with E-state index >= 15 is 0 Å². The summed E-state index contributed by atoms with van der Waals surface area (Å²) in [5.41, 5.74) is 1.38. The first-order chi connectivity index (χ1) is 13.0. The highest BCUT2D eigenvalue weighted by Gasteiger charge is 2.30. The van der Waals surface area contributed by atoms with Crippen LogP contribution >= 0.6 is 27.5 Å². The molecule has 1 atom stereocenters. The first-order valence-electron chi connectivity index (χ1n) is 8.83. The van der Waals surface area contributed by atoms with Crippen LogP contribution in [0.2, 0.25) is 5.02 Å². The lowest BCUT2D eigenvalue weighted by atomic mass is 10.2. The number of carbonyl (C=O) groups is 1. The van der Waals surface area contributed by atoms with Gasteiger partial charge in [-0.2, -0.15) is 10.2 Å². The minimum absolute atomic E-state index is 0.00946. The van der Waals surface area contributed by atoms with Gasteiger partial charge in [0, 0.05) is 25.7 Å². The van der Waals surface area contributed by atoms with Crippen molar-refractivity contribution in [2.45, 2.75) is 32.7 Å². The zero-order chi connectivity index (χ0) is 19.6. The quantitative estimate of drug-likeness (QED) is 0.628. The smallest absolute Gasteiger partial charge is 0.409 e. The van der Waals surface area contributed by atoms with Crippen LogP contribution in [0.3, 0.4) is 0 Å². The zero-order valence-electron chi connectivity index (χ0n) is 15.2. The van der Waals surface area contributed by atoms with Gasteiger partial charge in [-0.05, 0) is 35.3 Å². The van der Waals surface area contributed by atoms with E-state index in [1.807, 2.05) is 11.8 Å². The van der Waals surface area contributed by atoms with Crippen LogP contribution in [-0.2, 0) is 4.74 Å². The first kappa shape index (κ1) is 19.8. The molecule has 9 heteroatoms. The number of amides is 1. The van der Waals surface area contributed by atoms with Gasteiger partial charge in [0.05, 0.1) is 21.7 Å². The van der Waals surface area contributed by atoms with E-state index in [9.17, 15) is 10.1 Å². The molecular weight excluding hydrogens is 436 g/mol. The monoisotopic (exact) mass is 454 g/mol.